The first-order valence-electron chi connectivity index (χ1n) is 6.83. The van der Waals surface area contributed by atoms with Crippen molar-refractivity contribution in [2.24, 2.45) is 5.92 Å². The minimum atomic E-state index is 0.264. The molecule has 19 heavy (non-hydrogen) atoms. The number of benzene rings is 1. The highest BCUT2D eigenvalue weighted by molar-refractivity contribution is 7.80. The van der Waals surface area contributed by atoms with Gasteiger partial charge in [0.15, 0.2) is 0 Å². The van der Waals surface area contributed by atoms with Crippen LogP contribution in [0, 0.1) is 5.92 Å². The van der Waals surface area contributed by atoms with Crippen molar-refractivity contribution in [1.29, 1.82) is 0 Å². The fourth-order valence-electron chi connectivity index (χ4n) is 2.41. The Kier molecular flexibility index (Phi) is 5.14. The van der Waals surface area contributed by atoms with Gasteiger partial charge in [-0.2, -0.15) is 12.6 Å². The molecule has 0 spiro atoms. The second-order valence-electron chi connectivity index (χ2n) is 4.92. The van der Waals surface area contributed by atoms with Crippen LogP contribution in [0.3, 0.4) is 0 Å². The topological polar surface area (TPSA) is 29.5 Å². The van der Waals surface area contributed by atoms with Gasteiger partial charge < -0.3 is 9.64 Å². The fraction of sp³-hybridized carbons (Fsp3) is 0.533. The summed E-state index contributed by atoms with van der Waals surface area (Å²) in [6.45, 7) is 4.30. The Morgan fingerprint density at radius 3 is 3.00 bits per heavy atom. The summed E-state index contributed by atoms with van der Waals surface area (Å²) in [4.78, 5) is 13.8. The van der Waals surface area contributed by atoms with E-state index < -0.39 is 0 Å². The van der Waals surface area contributed by atoms with Crippen molar-refractivity contribution < 1.29 is 9.53 Å². The molecule has 0 radical (unpaired) electrons. The van der Waals surface area contributed by atoms with Crippen LogP contribution in [0.1, 0.15) is 18.9 Å². The average Bonchev–Trinajstić information content (AvgIpc) is 2.78. The molecule has 1 heterocycles. The molecular formula is C15H21NO2S. The maximum atomic E-state index is 11.8. The number of hydrogen-bond donors (Lipinski definition) is 1. The summed E-state index contributed by atoms with van der Waals surface area (Å²) in [6.07, 6.45) is 1.54. The lowest BCUT2D eigenvalue weighted by Crippen LogP contribution is -2.27. The van der Waals surface area contributed by atoms with Crippen molar-refractivity contribution in [2.75, 3.05) is 25.4 Å². The number of hydrogen-bond acceptors (Lipinski definition) is 3. The van der Waals surface area contributed by atoms with Crippen LogP contribution in [-0.2, 0) is 11.2 Å². The van der Waals surface area contributed by atoms with Crippen molar-refractivity contribution in [3.63, 3.8) is 0 Å². The minimum absolute atomic E-state index is 0.264. The molecule has 1 amide bonds. The summed E-state index contributed by atoms with van der Waals surface area (Å²) in [5.74, 6) is 2.38. The minimum Gasteiger partial charge on any atom is -0.494 e. The molecule has 0 aliphatic carbocycles. The van der Waals surface area contributed by atoms with Crippen molar-refractivity contribution in [3.05, 3.63) is 29.8 Å². The van der Waals surface area contributed by atoms with Crippen molar-refractivity contribution in [2.45, 2.75) is 19.8 Å². The van der Waals surface area contributed by atoms with E-state index in [4.69, 9.17) is 4.74 Å². The average molecular weight is 279 g/mol. The molecule has 1 fully saturated rings. The quantitative estimate of drug-likeness (QED) is 0.810. The van der Waals surface area contributed by atoms with E-state index in [9.17, 15) is 4.79 Å². The summed E-state index contributed by atoms with van der Waals surface area (Å²) in [5, 5.41) is 0. The lowest BCUT2D eigenvalue weighted by atomic mass is 10.1. The predicted octanol–water partition coefficient (Wildman–Crippen LogP) is 2.41. The molecule has 1 aliphatic heterocycles. The molecule has 4 heteroatoms. The number of nitrogens with zero attached hydrogens (tertiary/aromatic N) is 1. The van der Waals surface area contributed by atoms with Crippen LogP contribution in [0.2, 0.25) is 0 Å². The van der Waals surface area contributed by atoms with Crippen LogP contribution < -0.4 is 4.74 Å². The van der Waals surface area contributed by atoms with E-state index in [0.29, 0.717) is 18.9 Å². The summed E-state index contributed by atoms with van der Waals surface area (Å²) >= 11 is 4.28. The van der Waals surface area contributed by atoms with Crippen LogP contribution in [0.4, 0.5) is 0 Å². The number of carbonyl (C=O) groups is 1. The third-order valence-corrected chi connectivity index (χ3v) is 3.95. The molecule has 1 aliphatic rings. The molecule has 0 bridgehead atoms. The molecule has 1 unspecified atom stereocenters. The summed E-state index contributed by atoms with van der Waals surface area (Å²) in [5.41, 5.74) is 1.22. The molecule has 1 aromatic carbocycles. The van der Waals surface area contributed by atoms with Gasteiger partial charge >= 0.3 is 0 Å². The highest BCUT2D eigenvalue weighted by atomic mass is 32.1. The summed E-state index contributed by atoms with van der Waals surface area (Å²) in [6, 6.07) is 8.10. The molecule has 0 N–H and O–H groups in total. The molecule has 0 aromatic heterocycles. The standard InChI is InChI=1S/C15H21NO2S/c1-2-18-14-5-3-4-12(8-14)6-7-16-10-13(11-19)9-15(16)17/h3-5,8,13,19H,2,6-7,9-11H2,1H3. The number of amides is 1. The zero-order valence-corrected chi connectivity index (χ0v) is 12.2. The lowest BCUT2D eigenvalue weighted by Gasteiger charge is -2.16. The van der Waals surface area contributed by atoms with Crippen molar-refractivity contribution in [1.82, 2.24) is 4.90 Å². The van der Waals surface area contributed by atoms with Crippen LogP contribution >= 0.6 is 12.6 Å². The van der Waals surface area contributed by atoms with Gasteiger partial charge in [-0.25, -0.2) is 0 Å². The van der Waals surface area contributed by atoms with Crippen LogP contribution in [0.5, 0.6) is 5.75 Å². The first kappa shape index (κ1) is 14.3. The molecule has 104 valence electrons. The predicted molar refractivity (Wildman–Crippen MR) is 79.9 cm³/mol. The molecule has 0 saturated carbocycles. The lowest BCUT2D eigenvalue weighted by molar-refractivity contribution is -0.127. The van der Waals surface area contributed by atoms with Crippen molar-refractivity contribution >= 4 is 18.5 Å². The Hall–Kier alpha value is -1.16. The second-order valence-corrected chi connectivity index (χ2v) is 5.29. The number of ether oxygens (including phenoxy) is 1. The Morgan fingerprint density at radius 1 is 1.47 bits per heavy atom. The van der Waals surface area contributed by atoms with E-state index in [1.54, 1.807) is 0 Å². The molecule has 3 nitrogen and oxygen atoms in total. The summed E-state index contributed by atoms with van der Waals surface area (Å²) in [7, 11) is 0. The SMILES string of the molecule is CCOc1cccc(CCN2CC(CS)CC2=O)c1. The molecule has 1 aromatic rings. The van der Waals surface area contributed by atoms with E-state index in [1.807, 2.05) is 24.0 Å². The zero-order chi connectivity index (χ0) is 13.7. The highest BCUT2D eigenvalue weighted by Crippen LogP contribution is 2.20. The van der Waals surface area contributed by atoms with Gasteiger partial charge in [0.1, 0.15) is 5.75 Å². The maximum absolute atomic E-state index is 11.8. The fourth-order valence-corrected chi connectivity index (χ4v) is 2.66. The van der Waals surface area contributed by atoms with E-state index in [2.05, 4.69) is 24.8 Å². The van der Waals surface area contributed by atoms with E-state index in [0.717, 1.165) is 31.0 Å². The van der Waals surface area contributed by atoms with Crippen LogP contribution in [0.25, 0.3) is 0 Å². The van der Waals surface area contributed by atoms with Gasteiger partial charge in [-0.1, -0.05) is 12.1 Å². The van der Waals surface area contributed by atoms with E-state index >= 15 is 0 Å². The van der Waals surface area contributed by atoms with Gasteiger partial charge in [-0.15, -0.1) is 0 Å². The van der Waals surface area contributed by atoms with Gasteiger partial charge in [0, 0.05) is 19.5 Å². The largest absolute Gasteiger partial charge is 0.494 e. The van der Waals surface area contributed by atoms with E-state index in [-0.39, 0.29) is 5.91 Å². The number of likely N-dealkylation sites (tertiary alicyclic amines) is 1. The first-order valence-corrected chi connectivity index (χ1v) is 7.46. The highest BCUT2D eigenvalue weighted by Gasteiger charge is 2.27. The van der Waals surface area contributed by atoms with Gasteiger partial charge in [-0.3, -0.25) is 4.79 Å². The Labute approximate surface area is 120 Å². The number of carbonyl (C=O) groups excluding carboxylic acids is 1. The Morgan fingerprint density at radius 2 is 2.32 bits per heavy atom. The van der Waals surface area contributed by atoms with E-state index in [1.165, 1.54) is 5.56 Å². The maximum Gasteiger partial charge on any atom is 0.222 e. The number of rotatable bonds is 6. The van der Waals surface area contributed by atoms with Gasteiger partial charge in [0.05, 0.1) is 6.61 Å². The van der Waals surface area contributed by atoms with Crippen LogP contribution in [0.15, 0.2) is 24.3 Å². The monoisotopic (exact) mass is 279 g/mol. The Bertz CT molecular complexity index is 436. The molecule has 1 atom stereocenters. The molecule has 2 rings (SSSR count). The third-order valence-electron chi connectivity index (χ3n) is 3.43. The van der Waals surface area contributed by atoms with Crippen LogP contribution in [-0.4, -0.2) is 36.3 Å². The Balaban J connectivity index is 1.88. The van der Waals surface area contributed by atoms with Gasteiger partial charge in [0.2, 0.25) is 5.91 Å². The summed E-state index contributed by atoms with van der Waals surface area (Å²) < 4.78 is 5.48. The first-order chi connectivity index (χ1) is 9.22. The van der Waals surface area contributed by atoms with Gasteiger partial charge in [0.25, 0.3) is 0 Å². The smallest absolute Gasteiger partial charge is 0.222 e. The second kappa shape index (κ2) is 6.85. The zero-order valence-electron chi connectivity index (χ0n) is 11.3. The normalized spacial score (nSPS) is 18.9. The van der Waals surface area contributed by atoms with Gasteiger partial charge in [-0.05, 0) is 42.7 Å². The third kappa shape index (κ3) is 3.90. The number of thiol groups is 1. The molecular weight excluding hydrogens is 258 g/mol. The van der Waals surface area contributed by atoms with Crippen molar-refractivity contribution in [3.8, 4) is 5.75 Å². The molecule has 1 saturated heterocycles.